The fraction of sp³-hybridized carbons (Fsp3) is 0.367. The molecule has 1 aromatic heterocycles. The number of rotatable bonds is 5. The topological polar surface area (TPSA) is 42.4 Å². The van der Waals surface area contributed by atoms with Crippen LogP contribution in [0.3, 0.4) is 0 Å². The Morgan fingerprint density at radius 2 is 1.91 bits per heavy atom. The smallest absolute Gasteiger partial charge is 0.130 e. The SMILES string of the molecule is CC#C[C@@]1(O)CC[C@@]2(Cc3ccccc3)c3ccc(OCc4ccccn4)cc3CC[C@@H]2C1. The second-order valence-electron chi connectivity index (χ2n) is 9.59. The third-order valence-electron chi connectivity index (χ3n) is 7.56. The number of benzene rings is 2. The molecule has 0 spiro atoms. The molecule has 3 atom stereocenters. The first-order valence-electron chi connectivity index (χ1n) is 12.0. The van der Waals surface area contributed by atoms with Crippen molar-refractivity contribution in [3.8, 4) is 17.6 Å². The van der Waals surface area contributed by atoms with Gasteiger partial charge in [-0.15, -0.1) is 5.92 Å². The third kappa shape index (κ3) is 4.41. The molecule has 2 aliphatic rings. The molecule has 1 heterocycles. The van der Waals surface area contributed by atoms with Gasteiger partial charge < -0.3 is 9.84 Å². The van der Waals surface area contributed by atoms with Crippen LogP contribution >= 0.6 is 0 Å². The van der Waals surface area contributed by atoms with E-state index in [2.05, 4.69) is 65.4 Å². The molecule has 0 unspecified atom stereocenters. The number of hydrogen-bond donors (Lipinski definition) is 1. The maximum atomic E-state index is 11.2. The van der Waals surface area contributed by atoms with Crippen LogP contribution < -0.4 is 4.74 Å². The van der Waals surface area contributed by atoms with Crippen molar-refractivity contribution >= 4 is 0 Å². The zero-order valence-corrected chi connectivity index (χ0v) is 19.3. The van der Waals surface area contributed by atoms with E-state index in [1.165, 1.54) is 16.7 Å². The summed E-state index contributed by atoms with van der Waals surface area (Å²) in [5.41, 5.74) is 4.27. The van der Waals surface area contributed by atoms with E-state index >= 15 is 0 Å². The highest BCUT2D eigenvalue weighted by molar-refractivity contribution is 5.45. The zero-order chi connectivity index (χ0) is 22.7. The summed E-state index contributed by atoms with van der Waals surface area (Å²) >= 11 is 0. The molecule has 0 amide bonds. The normalized spacial score (nSPS) is 25.8. The lowest BCUT2D eigenvalue weighted by Crippen LogP contribution is -2.50. The Balaban J connectivity index is 1.47. The minimum atomic E-state index is -0.858. The van der Waals surface area contributed by atoms with Gasteiger partial charge in [0.15, 0.2) is 0 Å². The number of fused-ring (bicyclic) bond motifs is 3. The number of aryl methyl sites for hydroxylation is 1. The van der Waals surface area contributed by atoms with E-state index in [0.29, 0.717) is 18.9 Å². The van der Waals surface area contributed by atoms with Gasteiger partial charge in [-0.1, -0.05) is 48.4 Å². The highest BCUT2D eigenvalue weighted by Crippen LogP contribution is 2.54. The van der Waals surface area contributed by atoms with Gasteiger partial charge in [-0.3, -0.25) is 4.98 Å². The maximum Gasteiger partial charge on any atom is 0.130 e. The summed E-state index contributed by atoms with van der Waals surface area (Å²) in [6, 6.07) is 23.3. The van der Waals surface area contributed by atoms with Gasteiger partial charge in [-0.25, -0.2) is 0 Å². The molecule has 1 saturated carbocycles. The van der Waals surface area contributed by atoms with Gasteiger partial charge in [0.2, 0.25) is 0 Å². The molecule has 2 aliphatic carbocycles. The maximum absolute atomic E-state index is 11.2. The first-order chi connectivity index (χ1) is 16.1. The van der Waals surface area contributed by atoms with E-state index in [1.807, 2.05) is 25.1 Å². The van der Waals surface area contributed by atoms with Gasteiger partial charge in [-0.2, -0.15) is 0 Å². The Morgan fingerprint density at radius 3 is 2.70 bits per heavy atom. The van der Waals surface area contributed by atoms with E-state index < -0.39 is 5.60 Å². The molecule has 33 heavy (non-hydrogen) atoms. The first kappa shape index (κ1) is 21.7. The summed E-state index contributed by atoms with van der Waals surface area (Å²) in [6.07, 6.45) is 7.27. The molecule has 0 saturated heterocycles. The van der Waals surface area contributed by atoms with Crippen LogP contribution in [-0.2, 0) is 24.9 Å². The summed E-state index contributed by atoms with van der Waals surface area (Å²) in [7, 11) is 0. The number of pyridine rings is 1. The van der Waals surface area contributed by atoms with Crippen molar-refractivity contribution < 1.29 is 9.84 Å². The highest BCUT2D eigenvalue weighted by atomic mass is 16.5. The van der Waals surface area contributed by atoms with Crippen LogP contribution in [0.2, 0.25) is 0 Å². The Labute approximate surface area is 196 Å². The molecular weight excluding hydrogens is 406 g/mol. The summed E-state index contributed by atoms with van der Waals surface area (Å²) in [6.45, 7) is 2.30. The van der Waals surface area contributed by atoms with Gasteiger partial charge >= 0.3 is 0 Å². The Hall–Kier alpha value is -3.09. The van der Waals surface area contributed by atoms with Crippen LogP contribution in [-0.4, -0.2) is 15.7 Å². The summed E-state index contributed by atoms with van der Waals surface area (Å²) < 4.78 is 6.09. The predicted molar refractivity (Wildman–Crippen MR) is 131 cm³/mol. The van der Waals surface area contributed by atoms with Crippen molar-refractivity contribution in [1.29, 1.82) is 0 Å². The van der Waals surface area contributed by atoms with Gasteiger partial charge in [0.1, 0.15) is 18.0 Å². The molecule has 3 nitrogen and oxygen atoms in total. The van der Waals surface area contributed by atoms with Crippen LogP contribution in [0, 0.1) is 17.8 Å². The van der Waals surface area contributed by atoms with Crippen molar-refractivity contribution in [3.05, 3.63) is 95.3 Å². The third-order valence-corrected chi connectivity index (χ3v) is 7.56. The van der Waals surface area contributed by atoms with E-state index in [0.717, 1.165) is 43.5 Å². The Morgan fingerprint density at radius 1 is 1.06 bits per heavy atom. The molecule has 5 rings (SSSR count). The number of hydrogen-bond acceptors (Lipinski definition) is 3. The largest absolute Gasteiger partial charge is 0.487 e. The summed E-state index contributed by atoms with van der Waals surface area (Å²) in [5, 5.41) is 11.2. The lowest BCUT2D eigenvalue weighted by Gasteiger charge is -2.52. The van der Waals surface area contributed by atoms with Crippen molar-refractivity contribution in [2.24, 2.45) is 5.92 Å². The Bertz CT molecular complexity index is 1160. The monoisotopic (exact) mass is 437 g/mol. The van der Waals surface area contributed by atoms with E-state index in [-0.39, 0.29) is 5.41 Å². The van der Waals surface area contributed by atoms with Crippen molar-refractivity contribution in [3.63, 3.8) is 0 Å². The highest BCUT2D eigenvalue weighted by Gasteiger charge is 2.51. The Kier molecular flexibility index (Phi) is 5.96. The molecule has 3 heteroatoms. The molecule has 1 N–H and O–H groups in total. The van der Waals surface area contributed by atoms with Crippen molar-refractivity contribution in [2.75, 3.05) is 0 Å². The standard InChI is InChI=1S/C30H31NO2/c1-2-15-29(32)16-17-30(20-23-8-4-3-5-9-23)25(21-29)12-11-24-19-27(13-14-28(24)30)33-22-26-10-6-7-18-31-26/h3-10,13-14,18-19,25,32H,11-12,16-17,20-22H2,1H3/t25-,29-,30+/m1/s1. The molecule has 0 radical (unpaired) electrons. The first-order valence-corrected chi connectivity index (χ1v) is 12.0. The molecule has 1 fully saturated rings. The number of nitrogens with zero attached hydrogens (tertiary/aromatic N) is 1. The fourth-order valence-corrected chi connectivity index (χ4v) is 6.03. The van der Waals surface area contributed by atoms with Gasteiger partial charge in [0.05, 0.1) is 5.69 Å². The van der Waals surface area contributed by atoms with Gasteiger partial charge in [0, 0.05) is 11.6 Å². The zero-order valence-electron chi connectivity index (χ0n) is 19.3. The lowest BCUT2D eigenvalue weighted by atomic mass is 9.52. The van der Waals surface area contributed by atoms with Gasteiger partial charge in [0.25, 0.3) is 0 Å². The lowest BCUT2D eigenvalue weighted by molar-refractivity contribution is -0.00805. The van der Waals surface area contributed by atoms with Crippen LogP contribution in [0.1, 0.15) is 55.0 Å². The average Bonchev–Trinajstić information content (AvgIpc) is 2.84. The number of ether oxygens (including phenoxy) is 1. The molecule has 0 aliphatic heterocycles. The number of aliphatic hydroxyl groups is 1. The van der Waals surface area contributed by atoms with Crippen molar-refractivity contribution in [2.45, 2.75) is 63.1 Å². The van der Waals surface area contributed by atoms with Crippen LogP contribution in [0.4, 0.5) is 0 Å². The van der Waals surface area contributed by atoms with E-state index in [4.69, 9.17) is 4.74 Å². The second-order valence-corrected chi connectivity index (χ2v) is 9.59. The fourth-order valence-electron chi connectivity index (χ4n) is 6.03. The minimum absolute atomic E-state index is 0.0239. The molecule has 3 aromatic rings. The summed E-state index contributed by atoms with van der Waals surface area (Å²) in [5.74, 6) is 7.40. The van der Waals surface area contributed by atoms with Crippen molar-refractivity contribution in [1.82, 2.24) is 4.98 Å². The van der Waals surface area contributed by atoms with Crippen LogP contribution in [0.15, 0.2) is 72.9 Å². The average molecular weight is 438 g/mol. The van der Waals surface area contributed by atoms with Gasteiger partial charge in [-0.05, 0) is 92.3 Å². The van der Waals surface area contributed by atoms with E-state index in [9.17, 15) is 5.11 Å². The van der Waals surface area contributed by atoms with Crippen LogP contribution in [0.25, 0.3) is 0 Å². The minimum Gasteiger partial charge on any atom is -0.487 e. The summed E-state index contributed by atoms with van der Waals surface area (Å²) in [4.78, 5) is 4.36. The quantitative estimate of drug-likeness (QED) is 0.525. The predicted octanol–water partition coefficient (Wildman–Crippen LogP) is 5.64. The van der Waals surface area contributed by atoms with Crippen LogP contribution in [0.5, 0.6) is 5.75 Å². The second kappa shape index (κ2) is 9.04. The molecule has 0 bridgehead atoms. The molecular formula is C30H31NO2. The van der Waals surface area contributed by atoms with E-state index in [1.54, 1.807) is 6.20 Å². The molecule has 168 valence electrons. The molecule has 2 aromatic carbocycles. The number of aromatic nitrogens is 1.